The second-order valence-corrected chi connectivity index (χ2v) is 3.90. The minimum absolute atomic E-state index is 0.109. The molecule has 2 N–H and O–H groups in total. The third-order valence-electron chi connectivity index (χ3n) is 2.50. The van der Waals surface area contributed by atoms with Crippen LogP contribution in [0.4, 0.5) is 14.9 Å². The zero-order valence-electron chi connectivity index (χ0n) is 10.5. The molecule has 1 aromatic carbocycles. The quantitative estimate of drug-likeness (QED) is 0.801. The number of hydrogen-bond acceptors (Lipinski definition) is 2. The Morgan fingerprint density at radius 3 is 2.79 bits per heavy atom. The molecule has 1 atom stereocenters. The van der Waals surface area contributed by atoms with E-state index in [2.05, 4.69) is 11.9 Å². The Bertz CT molecular complexity index is 491. The van der Waals surface area contributed by atoms with Crippen LogP contribution in [-0.4, -0.2) is 30.2 Å². The van der Waals surface area contributed by atoms with Crippen molar-refractivity contribution >= 4 is 17.7 Å². The Morgan fingerprint density at radius 2 is 2.26 bits per heavy atom. The molecule has 0 saturated heterocycles. The molecule has 0 radical (unpaired) electrons. The van der Waals surface area contributed by atoms with Crippen LogP contribution < -0.4 is 10.2 Å². The molecule has 5 nitrogen and oxygen atoms in total. The predicted octanol–water partition coefficient (Wildman–Crippen LogP) is 2.00. The lowest BCUT2D eigenvalue weighted by atomic mass is 10.2. The molecule has 0 aliphatic rings. The van der Waals surface area contributed by atoms with Gasteiger partial charge in [0.1, 0.15) is 11.9 Å². The number of halogens is 1. The minimum Gasteiger partial charge on any atom is -0.480 e. The Kier molecular flexibility index (Phi) is 5.05. The number of nitrogens with one attached hydrogen (secondary N) is 1. The lowest BCUT2D eigenvalue weighted by Crippen LogP contribution is -2.46. The van der Waals surface area contributed by atoms with Gasteiger partial charge in [-0.25, -0.2) is 14.0 Å². The molecular formula is C13H15FN2O3. The van der Waals surface area contributed by atoms with Crippen LogP contribution in [0.25, 0.3) is 0 Å². The van der Waals surface area contributed by atoms with E-state index >= 15 is 0 Å². The van der Waals surface area contributed by atoms with Gasteiger partial charge in [0.25, 0.3) is 0 Å². The molecule has 102 valence electrons. The molecule has 0 saturated carbocycles. The number of nitrogens with zero attached hydrogens (tertiary/aromatic N) is 1. The van der Waals surface area contributed by atoms with Crippen LogP contribution in [0.2, 0.25) is 0 Å². The second kappa shape index (κ2) is 6.53. The molecule has 19 heavy (non-hydrogen) atoms. The number of carboxylic acids is 1. The van der Waals surface area contributed by atoms with Crippen molar-refractivity contribution in [1.29, 1.82) is 0 Å². The zero-order chi connectivity index (χ0) is 14.4. The van der Waals surface area contributed by atoms with Gasteiger partial charge in [-0.1, -0.05) is 12.1 Å². The largest absolute Gasteiger partial charge is 0.480 e. The first-order valence-electron chi connectivity index (χ1n) is 5.59. The number of carboxylic acid groups (broad SMARTS) is 1. The van der Waals surface area contributed by atoms with E-state index in [-0.39, 0.29) is 6.42 Å². The highest BCUT2D eigenvalue weighted by molar-refractivity contribution is 5.94. The first-order valence-corrected chi connectivity index (χ1v) is 5.59. The summed E-state index contributed by atoms with van der Waals surface area (Å²) in [5.74, 6) is -1.63. The van der Waals surface area contributed by atoms with Crippen LogP contribution in [0.3, 0.4) is 0 Å². The normalized spacial score (nSPS) is 11.5. The van der Waals surface area contributed by atoms with E-state index in [9.17, 15) is 14.0 Å². The van der Waals surface area contributed by atoms with Crippen LogP contribution in [-0.2, 0) is 4.79 Å². The molecular weight excluding hydrogens is 251 g/mol. The second-order valence-electron chi connectivity index (χ2n) is 3.90. The highest BCUT2D eigenvalue weighted by Gasteiger charge is 2.21. The Labute approximate surface area is 110 Å². The Morgan fingerprint density at radius 1 is 1.58 bits per heavy atom. The standard InChI is InChI=1S/C13H15FN2O3/c1-3-5-11(12(17)18)15-13(19)16(2)10-7-4-6-9(14)8-10/h3-4,6-8,11H,1,5H2,2H3,(H,15,19)(H,17,18). The van der Waals surface area contributed by atoms with E-state index in [1.165, 1.54) is 31.3 Å². The number of benzene rings is 1. The molecule has 1 rings (SSSR count). The molecule has 0 fully saturated rings. The highest BCUT2D eigenvalue weighted by atomic mass is 19.1. The summed E-state index contributed by atoms with van der Waals surface area (Å²) in [6.45, 7) is 3.43. The maximum Gasteiger partial charge on any atom is 0.326 e. The summed E-state index contributed by atoms with van der Waals surface area (Å²) >= 11 is 0. The fraction of sp³-hybridized carbons (Fsp3) is 0.231. The Hall–Kier alpha value is -2.37. The molecule has 0 bridgehead atoms. The number of carbonyl (C=O) groups is 2. The molecule has 0 aliphatic carbocycles. The molecule has 0 heterocycles. The van der Waals surface area contributed by atoms with Gasteiger partial charge < -0.3 is 10.4 Å². The maximum atomic E-state index is 13.0. The van der Waals surface area contributed by atoms with E-state index in [0.717, 1.165) is 4.90 Å². The molecule has 1 unspecified atom stereocenters. The topological polar surface area (TPSA) is 69.6 Å². The van der Waals surface area contributed by atoms with Crippen LogP contribution in [0.15, 0.2) is 36.9 Å². The van der Waals surface area contributed by atoms with Crippen molar-refractivity contribution in [1.82, 2.24) is 5.32 Å². The predicted molar refractivity (Wildman–Crippen MR) is 69.6 cm³/mol. The van der Waals surface area contributed by atoms with Gasteiger partial charge in [0.05, 0.1) is 0 Å². The summed E-state index contributed by atoms with van der Waals surface area (Å²) in [6.07, 6.45) is 1.51. The summed E-state index contributed by atoms with van der Waals surface area (Å²) in [4.78, 5) is 23.9. The van der Waals surface area contributed by atoms with Gasteiger partial charge in [-0.3, -0.25) is 4.90 Å². The smallest absolute Gasteiger partial charge is 0.326 e. The van der Waals surface area contributed by atoms with Gasteiger partial charge >= 0.3 is 12.0 Å². The van der Waals surface area contributed by atoms with E-state index in [4.69, 9.17) is 5.11 Å². The molecule has 0 aliphatic heterocycles. The van der Waals surface area contributed by atoms with Crippen molar-refractivity contribution in [2.75, 3.05) is 11.9 Å². The number of rotatable bonds is 5. The number of urea groups is 1. The average molecular weight is 266 g/mol. The van der Waals surface area contributed by atoms with Crippen LogP contribution in [0, 0.1) is 5.82 Å². The van der Waals surface area contributed by atoms with Crippen LogP contribution in [0.1, 0.15) is 6.42 Å². The molecule has 2 amide bonds. The molecule has 6 heteroatoms. The van der Waals surface area contributed by atoms with Crippen molar-refractivity contribution in [3.8, 4) is 0 Å². The third kappa shape index (κ3) is 4.09. The average Bonchev–Trinajstić information content (AvgIpc) is 2.37. The molecule has 1 aromatic rings. The number of anilines is 1. The van der Waals surface area contributed by atoms with Gasteiger partial charge in [-0.15, -0.1) is 6.58 Å². The minimum atomic E-state index is -1.15. The number of amides is 2. The van der Waals surface area contributed by atoms with Gasteiger partial charge in [0.15, 0.2) is 0 Å². The summed E-state index contributed by atoms with van der Waals surface area (Å²) in [5.41, 5.74) is 0.334. The summed E-state index contributed by atoms with van der Waals surface area (Å²) in [6, 6.07) is 3.77. The summed E-state index contributed by atoms with van der Waals surface area (Å²) < 4.78 is 13.0. The van der Waals surface area contributed by atoms with Gasteiger partial charge in [-0.2, -0.15) is 0 Å². The molecule has 0 aromatic heterocycles. The maximum absolute atomic E-state index is 13.0. The van der Waals surface area contributed by atoms with Crippen molar-refractivity contribution < 1.29 is 19.1 Å². The number of hydrogen-bond donors (Lipinski definition) is 2. The fourth-order valence-electron chi connectivity index (χ4n) is 1.44. The van der Waals surface area contributed by atoms with E-state index in [1.54, 1.807) is 6.07 Å². The van der Waals surface area contributed by atoms with Crippen LogP contribution >= 0.6 is 0 Å². The van der Waals surface area contributed by atoms with E-state index in [1.807, 2.05) is 0 Å². The third-order valence-corrected chi connectivity index (χ3v) is 2.50. The van der Waals surface area contributed by atoms with Crippen molar-refractivity contribution in [2.24, 2.45) is 0 Å². The first-order chi connectivity index (χ1) is 8.95. The van der Waals surface area contributed by atoms with Gasteiger partial charge in [0.2, 0.25) is 0 Å². The van der Waals surface area contributed by atoms with E-state index < -0.39 is 23.9 Å². The SMILES string of the molecule is C=CCC(NC(=O)N(C)c1cccc(F)c1)C(=O)O. The van der Waals surface area contributed by atoms with Crippen LogP contribution in [0.5, 0.6) is 0 Å². The van der Waals surface area contributed by atoms with Gasteiger partial charge in [-0.05, 0) is 24.6 Å². The monoisotopic (exact) mass is 266 g/mol. The number of carbonyl (C=O) groups excluding carboxylic acids is 1. The van der Waals surface area contributed by atoms with Crippen molar-refractivity contribution in [2.45, 2.75) is 12.5 Å². The first kappa shape index (κ1) is 14.7. The van der Waals surface area contributed by atoms with Crippen molar-refractivity contribution in [3.63, 3.8) is 0 Å². The van der Waals surface area contributed by atoms with E-state index in [0.29, 0.717) is 5.69 Å². The lowest BCUT2D eigenvalue weighted by Gasteiger charge is -2.20. The highest BCUT2D eigenvalue weighted by Crippen LogP contribution is 2.14. The fourth-order valence-corrected chi connectivity index (χ4v) is 1.44. The van der Waals surface area contributed by atoms with Gasteiger partial charge in [0, 0.05) is 12.7 Å². The summed E-state index contributed by atoms with van der Waals surface area (Å²) in [5, 5.41) is 11.2. The zero-order valence-corrected chi connectivity index (χ0v) is 10.5. The summed E-state index contributed by atoms with van der Waals surface area (Å²) in [7, 11) is 1.43. The van der Waals surface area contributed by atoms with Crippen molar-refractivity contribution in [3.05, 3.63) is 42.7 Å². The number of aliphatic carboxylic acids is 1. The lowest BCUT2D eigenvalue weighted by molar-refractivity contribution is -0.139. The molecule has 0 spiro atoms. The Balaban J connectivity index is 2.76.